The summed E-state index contributed by atoms with van der Waals surface area (Å²) in [6.07, 6.45) is 3.43. The fourth-order valence-electron chi connectivity index (χ4n) is 3.09. The van der Waals surface area contributed by atoms with Crippen molar-refractivity contribution in [3.63, 3.8) is 0 Å². The third kappa shape index (κ3) is 3.82. The maximum atomic E-state index is 5.91. The van der Waals surface area contributed by atoms with Gasteiger partial charge in [0, 0.05) is 6.20 Å². The van der Waals surface area contributed by atoms with Gasteiger partial charge in [-0.15, -0.1) is 0 Å². The molecular formula is C23H18N4O2. The highest BCUT2D eigenvalue weighted by atomic mass is 16.5. The average molecular weight is 382 g/mol. The molecule has 0 saturated heterocycles. The molecule has 6 nitrogen and oxygen atoms in total. The van der Waals surface area contributed by atoms with Crippen molar-refractivity contribution in [3.8, 4) is 28.5 Å². The van der Waals surface area contributed by atoms with E-state index < -0.39 is 0 Å². The van der Waals surface area contributed by atoms with E-state index in [1.165, 1.54) is 0 Å². The van der Waals surface area contributed by atoms with Gasteiger partial charge >= 0.3 is 0 Å². The maximum Gasteiger partial charge on any atom is 0.127 e. The quantitative estimate of drug-likeness (QED) is 0.416. The van der Waals surface area contributed by atoms with Gasteiger partial charge in [0.2, 0.25) is 0 Å². The van der Waals surface area contributed by atoms with Crippen LogP contribution in [0.5, 0.6) is 17.2 Å². The summed E-state index contributed by atoms with van der Waals surface area (Å²) < 4.78 is 11.8. The molecule has 29 heavy (non-hydrogen) atoms. The molecule has 0 aliphatic carbocycles. The Morgan fingerprint density at radius 3 is 2.31 bits per heavy atom. The summed E-state index contributed by atoms with van der Waals surface area (Å²) >= 11 is 0. The number of rotatable bonds is 6. The van der Waals surface area contributed by atoms with Crippen molar-refractivity contribution >= 4 is 11.0 Å². The number of aromatic amines is 2. The predicted molar refractivity (Wildman–Crippen MR) is 111 cm³/mol. The van der Waals surface area contributed by atoms with Crippen LogP contribution in [0.3, 0.4) is 0 Å². The highest BCUT2D eigenvalue weighted by Crippen LogP contribution is 2.26. The number of ether oxygens (including phenoxy) is 2. The van der Waals surface area contributed by atoms with Crippen LogP contribution in [-0.4, -0.2) is 20.2 Å². The molecule has 142 valence electrons. The van der Waals surface area contributed by atoms with Crippen LogP contribution < -0.4 is 9.47 Å². The van der Waals surface area contributed by atoms with Gasteiger partial charge in [-0.1, -0.05) is 6.07 Å². The molecule has 0 aliphatic rings. The van der Waals surface area contributed by atoms with Crippen LogP contribution in [-0.2, 0) is 6.61 Å². The molecule has 0 radical (unpaired) electrons. The monoisotopic (exact) mass is 382 g/mol. The average Bonchev–Trinajstić information content (AvgIpc) is 3.46. The van der Waals surface area contributed by atoms with Crippen LogP contribution in [0.1, 0.15) is 5.56 Å². The van der Waals surface area contributed by atoms with Crippen molar-refractivity contribution in [1.29, 1.82) is 0 Å². The molecule has 2 aromatic heterocycles. The number of nitrogens with zero attached hydrogens (tertiary/aromatic N) is 2. The first-order valence-corrected chi connectivity index (χ1v) is 9.26. The molecule has 6 heteroatoms. The minimum Gasteiger partial charge on any atom is -0.489 e. The Balaban J connectivity index is 1.20. The zero-order valence-corrected chi connectivity index (χ0v) is 15.5. The first-order chi connectivity index (χ1) is 14.3. The number of fused-ring (bicyclic) bond motifs is 1. The molecular weight excluding hydrogens is 364 g/mol. The number of benzene rings is 3. The SMILES string of the molecule is c1cc(-c2ccc(Oc3ccc(OCc4ccc5[nH]cnc5c4)cc3)cc2)[nH]n1. The standard InChI is InChI=1S/C23H18N4O2/c1-10-22-23(25-15-24-22)13-16(1)14-28-18-6-8-20(9-7-18)29-19-4-2-17(3-5-19)21-11-12-26-27-21/h1-13,15H,14H2,(H,24,25)(H,26,27). The van der Waals surface area contributed by atoms with E-state index >= 15 is 0 Å². The van der Waals surface area contributed by atoms with E-state index in [9.17, 15) is 0 Å². The molecule has 0 bridgehead atoms. The van der Waals surface area contributed by atoms with Crippen molar-refractivity contribution in [2.75, 3.05) is 0 Å². The molecule has 0 amide bonds. The van der Waals surface area contributed by atoms with Crippen LogP contribution >= 0.6 is 0 Å². The second kappa shape index (κ2) is 7.52. The number of H-pyrrole nitrogens is 2. The Morgan fingerprint density at radius 2 is 1.55 bits per heavy atom. The Bertz CT molecular complexity index is 1210. The molecule has 5 aromatic rings. The summed E-state index contributed by atoms with van der Waals surface area (Å²) in [7, 11) is 0. The van der Waals surface area contributed by atoms with Crippen LogP contribution in [0.2, 0.25) is 0 Å². The molecule has 0 spiro atoms. The normalized spacial score (nSPS) is 10.9. The van der Waals surface area contributed by atoms with Crippen molar-refractivity contribution in [3.05, 3.63) is 90.9 Å². The maximum absolute atomic E-state index is 5.91. The van der Waals surface area contributed by atoms with E-state index in [0.717, 1.165) is 45.1 Å². The molecule has 2 heterocycles. The second-order valence-electron chi connectivity index (χ2n) is 6.61. The minimum atomic E-state index is 0.484. The van der Waals surface area contributed by atoms with Gasteiger partial charge in [-0.25, -0.2) is 4.98 Å². The Kier molecular flexibility index (Phi) is 4.42. The predicted octanol–water partition coefficient (Wildman–Crippen LogP) is 5.32. The first-order valence-electron chi connectivity index (χ1n) is 9.26. The molecule has 2 N–H and O–H groups in total. The summed E-state index contributed by atoms with van der Waals surface area (Å²) in [5.74, 6) is 2.31. The van der Waals surface area contributed by atoms with E-state index in [0.29, 0.717) is 6.61 Å². The Labute approximate surface area is 167 Å². The molecule has 3 aromatic carbocycles. The topological polar surface area (TPSA) is 75.8 Å². The zero-order chi connectivity index (χ0) is 19.5. The van der Waals surface area contributed by atoms with E-state index in [1.54, 1.807) is 12.5 Å². The number of imidazole rings is 1. The van der Waals surface area contributed by atoms with Crippen molar-refractivity contribution in [1.82, 2.24) is 20.2 Å². The highest BCUT2D eigenvalue weighted by molar-refractivity contribution is 5.75. The van der Waals surface area contributed by atoms with E-state index in [-0.39, 0.29) is 0 Å². The van der Waals surface area contributed by atoms with Gasteiger partial charge in [0.1, 0.15) is 23.9 Å². The van der Waals surface area contributed by atoms with Gasteiger partial charge in [-0.3, -0.25) is 5.10 Å². The third-order valence-electron chi connectivity index (χ3n) is 4.62. The lowest BCUT2D eigenvalue weighted by Gasteiger charge is -2.09. The number of hydrogen-bond acceptors (Lipinski definition) is 4. The van der Waals surface area contributed by atoms with E-state index in [2.05, 4.69) is 20.2 Å². The molecule has 5 rings (SSSR count). The molecule has 0 saturated carbocycles. The van der Waals surface area contributed by atoms with Crippen molar-refractivity contribution < 1.29 is 9.47 Å². The Morgan fingerprint density at radius 1 is 0.793 bits per heavy atom. The minimum absolute atomic E-state index is 0.484. The summed E-state index contributed by atoms with van der Waals surface area (Å²) in [6, 6.07) is 23.5. The summed E-state index contributed by atoms with van der Waals surface area (Å²) in [5.41, 5.74) is 5.07. The van der Waals surface area contributed by atoms with Crippen molar-refractivity contribution in [2.24, 2.45) is 0 Å². The largest absolute Gasteiger partial charge is 0.489 e. The Hall–Kier alpha value is -4.06. The van der Waals surface area contributed by atoms with Crippen LogP contribution in [0.25, 0.3) is 22.3 Å². The van der Waals surface area contributed by atoms with Gasteiger partial charge in [0.25, 0.3) is 0 Å². The number of nitrogens with one attached hydrogen (secondary N) is 2. The smallest absolute Gasteiger partial charge is 0.127 e. The summed E-state index contributed by atoms with van der Waals surface area (Å²) in [6.45, 7) is 0.484. The lowest BCUT2D eigenvalue weighted by molar-refractivity contribution is 0.306. The first kappa shape index (κ1) is 17.1. The van der Waals surface area contributed by atoms with Gasteiger partial charge in [-0.2, -0.15) is 5.10 Å². The van der Waals surface area contributed by atoms with Gasteiger partial charge < -0.3 is 14.5 Å². The van der Waals surface area contributed by atoms with Crippen LogP contribution in [0.4, 0.5) is 0 Å². The molecule has 0 aliphatic heterocycles. The second-order valence-corrected chi connectivity index (χ2v) is 6.61. The van der Waals surface area contributed by atoms with E-state index in [1.807, 2.05) is 72.8 Å². The fraction of sp³-hybridized carbons (Fsp3) is 0.0435. The number of hydrogen-bond donors (Lipinski definition) is 2. The highest BCUT2D eigenvalue weighted by Gasteiger charge is 2.03. The van der Waals surface area contributed by atoms with Gasteiger partial charge in [-0.05, 0) is 77.9 Å². The van der Waals surface area contributed by atoms with Crippen LogP contribution in [0.15, 0.2) is 85.3 Å². The van der Waals surface area contributed by atoms with Crippen molar-refractivity contribution in [2.45, 2.75) is 6.61 Å². The lowest BCUT2D eigenvalue weighted by atomic mass is 10.1. The summed E-state index contributed by atoms with van der Waals surface area (Å²) in [4.78, 5) is 7.36. The summed E-state index contributed by atoms with van der Waals surface area (Å²) in [5, 5.41) is 6.92. The van der Waals surface area contributed by atoms with E-state index in [4.69, 9.17) is 9.47 Å². The van der Waals surface area contributed by atoms with Crippen LogP contribution in [0, 0.1) is 0 Å². The van der Waals surface area contributed by atoms with Gasteiger partial charge in [0.05, 0.1) is 23.1 Å². The third-order valence-corrected chi connectivity index (χ3v) is 4.62. The lowest BCUT2D eigenvalue weighted by Crippen LogP contribution is -1.95. The zero-order valence-electron chi connectivity index (χ0n) is 15.5. The number of aromatic nitrogens is 4. The molecule has 0 atom stereocenters. The fourth-order valence-corrected chi connectivity index (χ4v) is 3.09. The van der Waals surface area contributed by atoms with Gasteiger partial charge in [0.15, 0.2) is 0 Å². The molecule has 0 fully saturated rings. The molecule has 0 unspecified atom stereocenters.